The Bertz CT molecular complexity index is 1390. The minimum Gasteiger partial charge on any atom is -0.494 e. The molecule has 0 radical (unpaired) electrons. The standard InChI is InChI=1S/C29H35BrN4O4S/c1-2-38-27-19-24(34-13-15-37-16-14-34)12-11-21(27)18-29-31-20-25(30)26(32-29)17-22-7-3-6-10-28(22)39(35,36)33-23-8-4-5-9-23/h3,6-7,10-12,19-20,23,33H,2,4-5,8-9,13-18H2,1H3. The van der Waals surface area contributed by atoms with Crippen molar-refractivity contribution in [2.24, 2.45) is 0 Å². The van der Waals surface area contributed by atoms with E-state index in [1.807, 2.05) is 19.1 Å². The van der Waals surface area contributed by atoms with Gasteiger partial charge in [0.1, 0.15) is 11.6 Å². The lowest BCUT2D eigenvalue weighted by Crippen LogP contribution is -2.36. The number of nitrogens with one attached hydrogen (secondary N) is 1. The Morgan fingerprint density at radius 3 is 2.62 bits per heavy atom. The number of hydrogen-bond acceptors (Lipinski definition) is 7. The average molecular weight is 616 g/mol. The quantitative estimate of drug-likeness (QED) is 0.348. The zero-order valence-electron chi connectivity index (χ0n) is 22.2. The van der Waals surface area contributed by atoms with Gasteiger partial charge in [-0.15, -0.1) is 0 Å². The highest BCUT2D eigenvalue weighted by Crippen LogP contribution is 2.29. The van der Waals surface area contributed by atoms with Gasteiger partial charge in [0.05, 0.1) is 34.9 Å². The summed E-state index contributed by atoms with van der Waals surface area (Å²) in [5.41, 5.74) is 3.57. The molecule has 208 valence electrons. The van der Waals surface area contributed by atoms with Crippen LogP contribution in [0.3, 0.4) is 0 Å². The lowest BCUT2D eigenvalue weighted by atomic mass is 10.1. The van der Waals surface area contributed by atoms with Gasteiger partial charge in [-0.05, 0) is 53.4 Å². The molecule has 8 nitrogen and oxygen atoms in total. The molecule has 10 heteroatoms. The number of aromatic nitrogens is 2. The van der Waals surface area contributed by atoms with Crippen LogP contribution < -0.4 is 14.4 Å². The van der Waals surface area contributed by atoms with Gasteiger partial charge in [-0.3, -0.25) is 0 Å². The van der Waals surface area contributed by atoms with Crippen LogP contribution in [0.2, 0.25) is 0 Å². The number of halogens is 1. The first-order valence-corrected chi connectivity index (χ1v) is 15.9. The van der Waals surface area contributed by atoms with Gasteiger partial charge in [-0.1, -0.05) is 37.1 Å². The van der Waals surface area contributed by atoms with Crippen molar-refractivity contribution in [2.45, 2.75) is 56.4 Å². The van der Waals surface area contributed by atoms with Crippen molar-refractivity contribution in [3.05, 3.63) is 75.8 Å². The molecule has 1 aliphatic heterocycles. The molecule has 1 aliphatic carbocycles. The zero-order valence-corrected chi connectivity index (χ0v) is 24.6. The molecular formula is C29H35BrN4O4S. The number of hydrogen-bond donors (Lipinski definition) is 1. The monoisotopic (exact) mass is 614 g/mol. The third-order valence-electron chi connectivity index (χ3n) is 7.24. The summed E-state index contributed by atoms with van der Waals surface area (Å²) >= 11 is 3.58. The number of nitrogens with zero attached hydrogens (tertiary/aromatic N) is 3. The Morgan fingerprint density at radius 2 is 1.85 bits per heavy atom. The number of anilines is 1. The van der Waals surface area contributed by atoms with Crippen molar-refractivity contribution >= 4 is 31.6 Å². The van der Waals surface area contributed by atoms with Crippen molar-refractivity contribution in [3.63, 3.8) is 0 Å². The van der Waals surface area contributed by atoms with Crippen LogP contribution in [-0.2, 0) is 27.6 Å². The topological polar surface area (TPSA) is 93.7 Å². The smallest absolute Gasteiger partial charge is 0.241 e. The second-order valence-electron chi connectivity index (χ2n) is 9.97. The second kappa shape index (κ2) is 12.8. The molecule has 2 aromatic carbocycles. The lowest BCUT2D eigenvalue weighted by Gasteiger charge is -2.29. The zero-order chi connectivity index (χ0) is 27.2. The van der Waals surface area contributed by atoms with E-state index in [2.05, 4.69) is 48.7 Å². The molecule has 5 rings (SSSR count). The molecule has 0 amide bonds. The predicted octanol–water partition coefficient (Wildman–Crippen LogP) is 4.88. The summed E-state index contributed by atoms with van der Waals surface area (Å²) in [6.45, 7) is 5.71. The molecule has 1 saturated heterocycles. The first-order chi connectivity index (χ1) is 18.9. The number of ether oxygens (including phenoxy) is 2. The van der Waals surface area contributed by atoms with E-state index >= 15 is 0 Å². The Balaban J connectivity index is 1.37. The summed E-state index contributed by atoms with van der Waals surface area (Å²) in [7, 11) is -3.63. The van der Waals surface area contributed by atoms with Crippen LogP contribution in [0.5, 0.6) is 5.75 Å². The van der Waals surface area contributed by atoms with E-state index in [4.69, 9.17) is 14.5 Å². The minimum absolute atomic E-state index is 0.00890. The van der Waals surface area contributed by atoms with Crippen LogP contribution in [0.1, 0.15) is 55.3 Å². The molecule has 1 aromatic heterocycles. The Hall–Kier alpha value is -2.53. The lowest BCUT2D eigenvalue weighted by molar-refractivity contribution is 0.122. The number of sulfonamides is 1. The normalized spacial score (nSPS) is 16.5. The molecule has 1 N–H and O–H groups in total. The van der Waals surface area contributed by atoms with Gasteiger partial charge in [0.15, 0.2) is 0 Å². The first-order valence-electron chi connectivity index (χ1n) is 13.6. The van der Waals surface area contributed by atoms with Crippen molar-refractivity contribution < 1.29 is 17.9 Å². The Morgan fingerprint density at radius 1 is 1.08 bits per heavy atom. The van der Waals surface area contributed by atoms with Gasteiger partial charge in [0.2, 0.25) is 10.0 Å². The summed E-state index contributed by atoms with van der Waals surface area (Å²) in [5, 5.41) is 0. The molecule has 2 aliphatic rings. The van der Waals surface area contributed by atoms with E-state index in [1.165, 1.54) is 0 Å². The number of morpholine rings is 1. The fourth-order valence-electron chi connectivity index (χ4n) is 5.24. The van der Waals surface area contributed by atoms with Crippen LogP contribution in [-0.4, -0.2) is 57.3 Å². The van der Waals surface area contributed by atoms with Crippen molar-refractivity contribution in [1.82, 2.24) is 14.7 Å². The summed E-state index contributed by atoms with van der Waals surface area (Å²) in [6.07, 6.45) is 6.51. The fourth-order valence-corrected chi connectivity index (χ4v) is 7.12. The van der Waals surface area contributed by atoms with Crippen molar-refractivity contribution in [1.29, 1.82) is 0 Å². The largest absolute Gasteiger partial charge is 0.494 e. The molecule has 0 atom stereocenters. The van der Waals surface area contributed by atoms with Gasteiger partial charge in [-0.2, -0.15) is 0 Å². The van der Waals surface area contributed by atoms with Crippen LogP contribution in [0, 0.1) is 0 Å². The Kier molecular flexibility index (Phi) is 9.17. The minimum atomic E-state index is -3.63. The van der Waals surface area contributed by atoms with Crippen LogP contribution in [0.25, 0.3) is 0 Å². The third kappa shape index (κ3) is 6.98. The van der Waals surface area contributed by atoms with E-state index < -0.39 is 10.0 Å². The summed E-state index contributed by atoms with van der Waals surface area (Å²) < 4.78 is 41.6. The molecule has 0 spiro atoms. The van der Waals surface area contributed by atoms with E-state index in [0.29, 0.717) is 35.7 Å². The SMILES string of the molecule is CCOc1cc(N2CCOCC2)ccc1Cc1ncc(Br)c(Cc2ccccc2S(=O)(=O)NC2CCCC2)n1. The van der Waals surface area contributed by atoms with E-state index in [1.54, 1.807) is 18.3 Å². The molecule has 2 fully saturated rings. The third-order valence-corrected chi connectivity index (χ3v) is 9.52. The maximum atomic E-state index is 13.3. The second-order valence-corrected chi connectivity index (χ2v) is 12.5. The molecule has 39 heavy (non-hydrogen) atoms. The van der Waals surface area contributed by atoms with Crippen LogP contribution in [0.4, 0.5) is 5.69 Å². The number of benzene rings is 2. The predicted molar refractivity (Wildman–Crippen MR) is 155 cm³/mol. The summed E-state index contributed by atoms with van der Waals surface area (Å²) in [4.78, 5) is 12.0. The van der Waals surface area contributed by atoms with Gasteiger partial charge < -0.3 is 14.4 Å². The molecule has 3 aromatic rings. The highest BCUT2D eigenvalue weighted by Gasteiger charge is 2.25. The van der Waals surface area contributed by atoms with E-state index in [9.17, 15) is 8.42 Å². The maximum Gasteiger partial charge on any atom is 0.241 e. The molecule has 1 saturated carbocycles. The van der Waals surface area contributed by atoms with E-state index in [-0.39, 0.29) is 6.04 Å². The number of rotatable bonds is 10. The maximum absolute atomic E-state index is 13.3. The van der Waals surface area contributed by atoms with Gasteiger partial charge in [0, 0.05) is 55.5 Å². The first kappa shape index (κ1) is 28.0. The van der Waals surface area contributed by atoms with Crippen LogP contribution >= 0.6 is 15.9 Å². The van der Waals surface area contributed by atoms with Crippen LogP contribution in [0.15, 0.2) is 58.0 Å². The fraction of sp³-hybridized carbons (Fsp3) is 0.448. The highest BCUT2D eigenvalue weighted by molar-refractivity contribution is 9.10. The van der Waals surface area contributed by atoms with Crippen molar-refractivity contribution in [3.8, 4) is 5.75 Å². The summed E-state index contributed by atoms with van der Waals surface area (Å²) in [5.74, 6) is 1.47. The van der Waals surface area contributed by atoms with Gasteiger partial charge >= 0.3 is 0 Å². The van der Waals surface area contributed by atoms with Gasteiger partial charge in [0.25, 0.3) is 0 Å². The van der Waals surface area contributed by atoms with E-state index in [0.717, 1.165) is 79.2 Å². The Labute approximate surface area is 239 Å². The van der Waals surface area contributed by atoms with Crippen molar-refractivity contribution in [2.75, 3.05) is 37.8 Å². The molecule has 0 bridgehead atoms. The summed E-state index contributed by atoms with van der Waals surface area (Å²) in [6, 6.07) is 13.4. The molecule has 0 unspecified atom stereocenters. The average Bonchev–Trinajstić information content (AvgIpc) is 3.45. The highest BCUT2D eigenvalue weighted by atomic mass is 79.9. The molecular weight excluding hydrogens is 580 g/mol. The van der Waals surface area contributed by atoms with Gasteiger partial charge in [-0.25, -0.2) is 23.1 Å². The molecule has 2 heterocycles.